The van der Waals surface area contributed by atoms with E-state index in [1.807, 2.05) is 18.2 Å². The number of hydrogen-bond acceptors (Lipinski definition) is 5. The van der Waals surface area contributed by atoms with Gasteiger partial charge in [-0.05, 0) is 59.4 Å². The van der Waals surface area contributed by atoms with Crippen molar-refractivity contribution in [3.05, 3.63) is 64.7 Å². The third-order valence-electron chi connectivity index (χ3n) is 5.36. The van der Waals surface area contributed by atoms with Crippen LogP contribution < -0.4 is 9.47 Å². The van der Waals surface area contributed by atoms with Crippen molar-refractivity contribution < 1.29 is 24.8 Å². The number of fused-ring (bicyclic) bond motifs is 3. The molecule has 3 N–H and O–H groups in total. The maximum atomic E-state index is 10.6. The van der Waals surface area contributed by atoms with Crippen molar-refractivity contribution in [2.45, 2.75) is 19.3 Å². The molecular formula is C23H22O5. The van der Waals surface area contributed by atoms with Crippen LogP contribution in [0.4, 0.5) is 0 Å². The fourth-order valence-electron chi connectivity index (χ4n) is 3.97. The zero-order chi connectivity index (χ0) is 19.8. The lowest BCUT2D eigenvalue weighted by Gasteiger charge is -2.25. The predicted octanol–water partition coefficient (Wildman–Crippen LogP) is 4.18. The monoisotopic (exact) mass is 378 g/mol. The minimum Gasteiger partial charge on any atom is -0.508 e. The van der Waals surface area contributed by atoms with Gasteiger partial charge in [-0.15, -0.1) is 0 Å². The average molecular weight is 378 g/mol. The number of hydrogen-bond donors (Lipinski definition) is 3. The van der Waals surface area contributed by atoms with Crippen LogP contribution in [0, 0.1) is 0 Å². The van der Waals surface area contributed by atoms with Gasteiger partial charge in [-0.1, -0.05) is 12.1 Å². The first-order chi connectivity index (χ1) is 13.5. The van der Waals surface area contributed by atoms with Crippen molar-refractivity contribution in [1.29, 1.82) is 0 Å². The van der Waals surface area contributed by atoms with Crippen molar-refractivity contribution in [1.82, 2.24) is 0 Å². The summed E-state index contributed by atoms with van der Waals surface area (Å²) in [6.07, 6.45) is 1.98. The molecule has 3 aromatic carbocycles. The second-order valence-corrected chi connectivity index (χ2v) is 6.95. The molecule has 0 bridgehead atoms. The Morgan fingerprint density at radius 2 is 1.64 bits per heavy atom. The number of aromatic hydroxyl groups is 3. The fourth-order valence-corrected chi connectivity index (χ4v) is 3.97. The number of ether oxygens (including phenoxy) is 2. The number of phenols is 3. The Morgan fingerprint density at radius 3 is 2.39 bits per heavy atom. The van der Waals surface area contributed by atoms with E-state index in [-0.39, 0.29) is 17.2 Å². The highest BCUT2D eigenvalue weighted by Crippen LogP contribution is 2.45. The second-order valence-electron chi connectivity index (χ2n) is 6.95. The van der Waals surface area contributed by atoms with E-state index >= 15 is 0 Å². The lowest BCUT2D eigenvalue weighted by atomic mass is 9.81. The zero-order valence-corrected chi connectivity index (χ0v) is 15.8. The van der Waals surface area contributed by atoms with E-state index in [0.717, 1.165) is 45.6 Å². The molecule has 5 nitrogen and oxygen atoms in total. The first kappa shape index (κ1) is 18.0. The Bertz CT molecular complexity index is 1060. The molecule has 5 heteroatoms. The molecule has 0 heterocycles. The molecule has 1 aliphatic rings. The zero-order valence-electron chi connectivity index (χ0n) is 15.8. The van der Waals surface area contributed by atoms with Gasteiger partial charge in [0.05, 0.1) is 14.2 Å². The molecular weight excluding hydrogens is 356 g/mol. The van der Waals surface area contributed by atoms with Crippen molar-refractivity contribution in [3.8, 4) is 39.9 Å². The third-order valence-corrected chi connectivity index (χ3v) is 5.36. The maximum Gasteiger partial charge on any atom is 0.160 e. The van der Waals surface area contributed by atoms with Crippen molar-refractivity contribution >= 4 is 0 Å². The number of phenolic OH excluding ortho intramolecular Hbond substituents is 3. The molecule has 3 aromatic rings. The maximum absolute atomic E-state index is 10.6. The van der Waals surface area contributed by atoms with Gasteiger partial charge in [-0.3, -0.25) is 0 Å². The summed E-state index contributed by atoms with van der Waals surface area (Å²) in [5, 5.41) is 31.0. The van der Waals surface area contributed by atoms with Crippen molar-refractivity contribution in [2.24, 2.45) is 0 Å². The topological polar surface area (TPSA) is 79.2 Å². The molecule has 4 rings (SSSR count). The van der Waals surface area contributed by atoms with Gasteiger partial charge in [-0.2, -0.15) is 0 Å². The van der Waals surface area contributed by atoms with E-state index < -0.39 is 0 Å². The molecule has 0 radical (unpaired) electrons. The summed E-state index contributed by atoms with van der Waals surface area (Å²) in [5.41, 5.74) is 5.47. The highest BCUT2D eigenvalue weighted by molar-refractivity contribution is 5.81. The van der Waals surface area contributed by atoms with Crippen LogP contribution in [0.1, 0.15) is 22.3 Å². The van der Waals surface area contributed by atoms with Gasteiger partial charge in [0.1, 0.15) is 17.2 Å². The first-order valence-electron chi connectivity index (χ1n) is 9.11. The molecule has 0 saturated carbocycles. The van der Waals surface area contributed by atoms with Gasteiger partial charge in [-0.25, -0.2) is 0 Å². The van der Waals surface area contributed by atoms with Crippen molar-refractivity contribution in [3.63, 3.8) is 0 Å². The van der Waals surface area contributed by atoms with Crippen LogP contribution in [0.5, 0.6) is 28.7 Å². The van der Waals surface area contributed by atoms with Crippen LogP contribution in [0.2, 0.25) is 0 Å². The molecule has 28 heavy (non-hydrogen) atoms. The fraction of sp³-hybridized carbons (Fsp3) is 0.217. The summed E-state index contributed by atoms with van der Waals surface area (Å²) < 4.78 is 10.5. The molecule has 1 aliphatic carbocycles. The highest BCUT2D eigenvalue weighted by atomic mass is 16.5. The van der Waals surface area contributed by atoms with Crippen LogP contribution in [0.3, 0.4) is 0 Å². The van der Waals surface area contributed by atoms with Gasteiger partial charge in [0.15, 0.2) is 11.5 Å². The minimum atomic E-state index is 0.0697. The molecule has 0 saturated heterocycles. The summed E-state index contributed by atoms with van der Waals surface area (Å²) in [4.78, 5) is 0. The lowest BCUT2D eigenvalue weighted by molar-refractivity contribution is 0.373. The van der Waals surface area contributed by atoms with Crippen LogP contribution in [0.25, 0.3) is 11.1 Å². The Hall–Kier alpha value is -3.34. The molecule has 0 aliphatic heterocycles. The molecule has 0 spiro atoms. The third kappa shape index (κ3) is 2.99. The van der Waals surface area contributed by atoms with Crippen molar-refractivity contribution in [2.75, 3.05) is 14.2 Å². The number of aryl methyl sites for hydroxylation is 1. The predicted molar refractivity (Wildman–Crippen MR) is 107 cm³/mol. The van der Waals surface area contributed by atoms with Gasteiger partial charge < -0.3 is 24.8 Å². The van der Waals surface area contributed by atoms with E-state index in [2.05, 4.69) is 0 Å². The van der Waals surface area contributed by atoms with E-state index in [1.54, 1.807) is 25.3 Å². The van der Waals surface area contributed by atoms with E-state index in [4.69, 9.17) is 9.47 Å². The summed E-state index contributed by atoms with van der Waals surface area (Å²) in [5.74, 6) is 1.40. The summed E-state index contributed by atoms with van der Waals surface area (Å²) in [7, 11) is 3.14. The molecule has 0 fully saturated rings. The Morgan fingerprint density at radius 1 is 0.821 bits per heavy atom. The standard InChI is InChI=1S/C23H22O5/c1-27-15-5-7-16-14(11-15)4-6-17-18(20(25)12-21(26)23(16)17)9-13-3-8-19(24)22(10-13)28-2/h3,5,7-8,10-12,24-26H,4,6,9H2,1-2H3. The largest absolute Gasteiger partial charge is 0.508 e. The van der Waals surface area contributed by atoms with Gasteiger partial charge in [0, 0.05) is 23.6 Å². The molecule has 0 aromatic heterocycles. The number of rotatable bonds is 4. The van der Waals surface area contributed by atoms with Crippen LogP contribution in [-0.4, -0.2) is 29.5 Å². The minimum absolute atomic E-state index is 0.0697. The van der Waals surface area contributed by atoms with Gasteiger partial charge >= 0.3 is 0 Å². The highest BCUT2D eigenvalue weighted by Gasteiger charge is 2.25. The summed E-state index contributed by atoms with van der Waals surface area (Å²) in [6.45, 7) is 0. The Labute approximate surface area is 163 Å². The second kappa shape index (κ2) is 7.00. The molecule has 0 atom stereocenters. The number of benzene rings is 3. The van der Waals surface area contributed by atoms with E-state index in [1.165, 1.54) is 13.2 Å². The first-order valence-corrected chi connectivity index (χ1v) is 9.11. The smallest absolute Gasteiger partial charge is 0.160 e. The van der Waals surface area contributed by atoms with Gasteiger partial charge in [0.2, 0.25) is 0 Å². The van der Waals surface area contributed by atoms with E-state index in [0.29, 0.717) is 18.6 Å². The molecule has 144 valence electrons. The number of methoxy groups -OCH3 is 2. The van der Waals surface area contributed by atoms with Crippen LogP contribution in [0.15, 0.2) is 42.5 Å². The van der Waals surface area contributed by atoms with Crippen LogP contribution >= 0.6 is 0 Å². The summed E-state index contributed by atoms with van der Waals surface area (Å²) in [6, 6.07) is 12.4. The summed E-state index contributed by atoms with van der Waals surface area (Å²) >= 11 is 0. The molecule has 0 amide bonds. The van der Waals surface area contributed by atoms with Crippen LogP contribution in [-0.2, 0) is 19.3 Å². The quantitative estimate of drug-likeness (QED) is 0.635. The average Bonchev–Trinajstić information content (AvgIpc) is 2.71. The van der Waals surface area contributed by atoms with E-state index in [9.17, 15) is 15.3 Å². The normalized spacial score (nSPS) is 12.2. The Kier molecular flexibility index (Phi) is 4.51. The van der Waals surface area contributed by atoms with Gasteiger partial charge in [0.25, 0.3) is 0 Å². The molecule has 0 unspecified atom stereocenters. The Balaban J connectivity index is 1.82. The lowest BCUT2D eigenvalue weighted by Crippen LogP contribution is -2.08. The SMILES string of the molecule is COc1ccc2c(c1)CCc1c(Cc3ccc(O)c(OC)c3)c(O)cc(O)c1-2.